The molecule has 2 heterocycles. The molecule has 3 N–H and O–H groups in total. The number of carbonyl (C=O) groups excluding carboxylic acids is 1. The van der Waals surface area contributed by atoms with Crippen molar-refractivity contribution >= 4 is 17.4 Å². The fourth-order valence-corrected chi connectivity index (χ4v) is 3.82. The minimum Gasteiger partial charge on any atom is -0.507 e. The summed E-state index contributed by atoms with van der Waals surface area (Å²) in [6.45, 7) is 7.08. The number of anilines is 1. The Morgan fingerprint density at radius 3 is 2.61 bits per heavy atom. The number of nitrogens with zero attached hydrogens (tertiary/aromatic N) is 3. The van der Waals surface area contributed by atoms with E-state index >= 15 is 0 Å². The van der Waals surface area contributed by atoms with Crippen LogP contribution in [0.15, 0.2) is 29.3 Å². The van der Waals surface area contributed by atoms with Gasteiger partial charge in [0.1, 0.15) is 11.6 Å². The van der Waals surface area contributed by atoms with Crippen molar-refractivity contribution in [3.8, 4) is 17.0 Å². The number of phenols is 1. The summed E-state index contributed by atoms with van der Waals surface area (Å²) in [5.41, 5.74) is 7.14. The summed E-state index contributed by atoms with van der Waals surface area (Å²) < 4.78 is 38.9. The third-order valence-corrected chi connectivity index (χ3v) is 5.48. The van der Waals surface area contributed by atoms with Crippen LogP contribution in [0.1, 0.15) is 37.0 Å². The van der Waals surface area contributed by atoms with E-state index in [1.165, 1.54) is 6.92 Å². The summed E-state index contributed by atoms with van der Waals surface area (Å²) in [6.07, 6.45) is -4.08. The van der Waals surface area contributed by atoms with Gasteiger partial charge < -0.3 is 15.7 Å². The number of carbonyl (C=O) groups is 1. The molecule has 1 saturated heterocycles. The van der Waals surface area contributed by atoms with Gasteiger partial charge in [0.2, 0.25) is 5.91 Å². The number of amides is 1. The number of aliphatic imine (C=N–C) groups is 1. The number of nitrogens with two attached hydrogens (primary N) is 1. The number of alkyl halides is 3. The van der Waals surface area contributed by atoms with Gasteiger partial charge in [-0.05, 0) is 50.6 Å². The third kappa shape index (κ3) is 4.81. The van der Waals surface area contributed by atoms with Crippen LogP contribution in [-0.2, 0) is 11.0 Å². The van der Waals surface area contributed by atoms with Crippen LogP contribution in [-0.4, -0.2) is 46.2 Å². The van der Waals surface area contributed by atoms with Crippen molar-refractivity contribution in [1.82, 2.24) is 9.88 Å². The van der Waals surface area contributed by atoms with Crippen molar-refractivity contribution in [3.63, 3.8) is 0 Å². The van der Waals surface area contributed by atoms with Gasteiger partial charge in [0.15, 0.2) is 0 Å². The van der Waals surface area contributed by atoms with Crippen molar-refractivity contribution in [2.24, 2.45) is 10.9 Å². The standard InChI is InChI=1S/C22H25F3N4O2/c1-4-29-11-14(8-19(29)31)10-27-13(3)16-5-6-17(28-21(16)26)20-12(2)7-15(9-18(20)30)22(23,24)25/h5-7,9,14,30H,4,8,10-11H2,1-3H3,(H2,26,28). The maximum Gasteiger partial charge on any atom is 0.416 e. The highest BCUT2D eigenvalue weighted by Crippen LogP contribution is 2.38. The van der Waals surface area contributed by atoms with Crippen LogP contribution in [0.3, 0.4) is 0 Å². The number of benzene rings is 1. The van der Waals surface area contributed by atoms with E-state index in [1.54, 1.807) is 24.0 Å². The highest BCUT2D eigenvalue weighted by Gasteiger charge is 2.32. The molecule has 9 heteroatoms. The Morgan fingerprint density at radius 2 is 2.06 bits per heavy atom. The molecule has 1 aliphatic heterocycles. The number of rotatable bonds is 5. The highest BCUT2D eigenvalue weighted by molar-refractivity contribution is 6.02. The van der Waals surface area contributed by atoms with Gasteiger partial charge >= 0.3 is 6.18 Å². The van der Waals surface area contributed by atoms with Gasteiger partial charge in [-0.15, -0.1) is 0 Å². The number of likely N-dealkylation sites (tertiary alicyclic amines) is 1. The molecule has 31 heavy (non-hydrogen) atoms. The number of hydrogen-bond acceptors (Lipinski definition) is 5. The minimum absolute atomic E-state index is 0.137. The quantitative estimate of drug-likeness (QED) is 0.695. The van der Waals surface area contributed by atoms with Gasteiger partial charge in [0.05, 0.1) is 11.3 Å². The highest BCUT2D eigenvalue weighted by atomic mass is 19.4. The lowest BCUT2D eigenvalue weighted by Gasteiger charge is -2.14. The Bertz CT molecular complexity index is 1010. The second-order valence-corrected chi connectivity index (χ2v) is 7.74. The van der Waals surface area contributed by atoms with E-state index in [0.717, 1.165) is 6.07 Å². The molecular formula is C22H25F3N4O2. The smallest absolute Gasteiger partial charge is 0.416 e. The predicted octanol–water partition coefficient (Wildman–Crippen LogP) is 4.04. The topological polar surface area (TPSA) is 91.8 Å². The van der Waals surface area contributed by atoms with Crippen LogP contribution >= 0.6 is 0 Å². The Morgan fingerprint density at radius 1 is 1.35 bits per heavy atom. The van der Waals surface area contributed by atoms with Gasteiger partial charge in [-0.3, -0.25) is 9.79 Å². The van der Waals surface area contributed by atoms with Crippen LogP contribution < -0.4 is 5.73 Å². The molecule has 1 aliphatic rings. The summed E-state index contributed by atoms with van der Waals surface area (Å²) >= 11 is 0. The number of halogens is 3. The molecule has 1 unspecified atom stereocenters. The first-order chi connectivity index (χ1) is 14.5. The normalized spacial score (nSPS) is 17.5. The van der Waals surface area contributed by atoms with Crippen LogP contribution in [0.25, 0.3) is 11.3 Å². The minimum atomic E-state index is -4.55. The average molecular weight is 434 g/mol. The van der Waals surface area contributed by atoms with E-state index in [-0.39, 0.29) is 34.5 Å². The number of phenolic OH excluding ortho intramolecular Hbond substituents is 1. The van der Waals surface area contributed by atoms with E-state index in [9.17, 15) is 23.1 Å². The number of aryl methyl sites for hydroxylation is 1. The van der Waals surface area contributed by atoms with E-state index in [2.05, 4.69) is 9.98 Å². The van der Waals surface area contributed by atoms with E-state index < -0.39 is 17.5 Å². The molecule has 2 aromatic rings. The fraction of sp³-hybridized carbons (Fsp3) is 0.409. The molecule has 166 valence electrons. The lowest BCUT2D eigenvalue weighted by molar-refractivity contribution is -0.137. The molecule has 0 bridgehead atoms. The van der Waals surface area contributed by atoms with E-state index in [4.69, 9.17) is 5.73 Å². The Kier molecular flexibility index (Phi) is 6.24. The monoisotopic (exact) mass is 434 g/mol. The number of aromatic nitrogens is 1. The summed E-state index contributed by atoms with van der Waals surface area (Å²) in [5, 5.41) is 10.2. The first-order valence-electron chi connectivity index (χ1n) is 9.98. The van der Waals surface area contributed by atoms with Crippen molar-refractivity contribution < 1.29 is 23.1 Å². The molecule has 0 spiro atoms. The second-order valence-electron chi connectivity index (χ2n) is 7.74. The van der Waals surface area contributed by atoms with Crippen molar-refractivity contribution in [2.45, 2.75) is 33.4 Å². The van der Waals surface area contributed by atoms with Crippen molar-refractivity contribution in [3.05, 3.63) is 41.0 Å². The van der Waals surface area contributed by atoms with Crippen molar-refractivity contribution in [1.29, 1.82) is 0 Å². The number of nitrogen functional groups attached to an aromatic ring is 1. The fourth-order valence-electron chi connectivity index (χ4n) is 3.82. The summed E-state index contributed by atoms with van der Waals surface area (Å²) in [7, 11) is 0. The molecule has 1 aromatic carbocycles. The lowest BCUT2D eigenvalue weighted by Crippen LogP contribution is -2.24. The summed E-state index contributed by atoms with van der Waals surface area (Å²) in [4.78, 5) is 22.5. The zero-order valence-corrected chi connectivity index (χ0v) is 17.6. The van der Waals surface area contributed by atoms with Crippen LogP contribution in [0.4, 0.5) is 19.0 Å². The molecular weight excluding hydrogens is 409 g/mol. The molecule has 1 atom stereocenters. The van der Waals surface area contributed by atoms with E-state index in [0.29, 0.717) is 43.4 Å². The molecule has 1 amide bonds. The number of pyridine rings is 1. The zero-order valence-electron chi connectivity index (χ0n) is 17.6. The summed E-state index contributed by atoms with van der Waals surface area (Å²) in [6, 6.07) is 4.93. The molecule has 6 nitrogen and oxygen atoms in total. The second kappa shape index (κ2) is 8.56. The van der Waals surface area contributed by atoms with Crippen LogP contribution in [0.5, 0.6) is 5.75 Å². The lowest BCUT2D eigenvalue weighted by atomic mass is 9.99. The number of aromatic hydroxyl groups is 1. The molecule has 0 radical (unpaired) electrons. The third-order valence-electron chi connectivity index (χ3n) is 5.48. The van der Waals surface area contributed by atoms with Gasteiger partial charge in [-0.25, -0.2) is 4.98 Å². The van der Waals surface area contributed by atoms with Crippen LogP contribution in [0, 0.1) is 12.8 Å². The maximum absolute atomic E-state index is 13.0. The van der Waals surface area contributed by atoms with Gasteiger partial charge in [0, 0.05) is 48.8 Å². The largest absolute Gasteiger partial charge is 0.507 e. The van der Waals surface area contributed by atoms with Crippen LogP contribution in [0.2, 0.25) is 0 Å². The molecule has 1 aromatic heterocycles. The Hall–Kier alpha value is -3.10. The maximum atomic E-state index is 13.0. The van der Waals surface area contributed by atoms with E-state index in [1.807, 2.05) is 6.92 Å². The predicted molar refractivity (Wildman–Crippen MR) is 113 cm³/mol. The van der Waals surface area contributed by atoms with Gasteiger partial charge in [-0.1, -0.05) is 0 Å². The zero-order chi connectivity index (χ0) is 22.9. The number of hydrogen-bond donors (Lipinski definition) is 2. The first kappa shape index (κ1) is 22.6. The summed E-state index contributed by atoms with van der Waals surface area (Å²) in [5.74, 6) is -0.0564. The Balaban J connectivity index is 1.83. The molecule has 0 aliphatic carbocycles. The first-order valence-corrected chi connectivity index (χ1v) is 9.98. The average Bonchev–Trinajstić information content (AvgIpc) is 3.04. The van der Waals surface area contributed by atoms with Gasteiger partial charge in [0.25, 0.3) is 0 Å². The molecule has 3 rings (SSSR count). The van der Waals surface area contributed by atoms with Crippen molar-refractivity contribution in [2.75, 3.05) is 25.4 Å². The van der Waals surface area contributed by atoms with Gasteiger partial charge in [-0.2, -0.15) is 13.2 Å². The Labute approximate surface area is 178 Å². The SMILES string of the molecule is CCN1CC(CN=C(C)c2ccc(-c3c(C)cc(C(F)(F)F)cc3O)nc2N)CC1=O. The molecule has 1 fully saturated rings. The molecule has 0 saturated carbocycles.